The van der Waals surface area contributed by atoms with Crippen LogP contribution in [0.15, 0.2) is 59.7 Å². The van der Waals surface area contributed by atoms with Crippen molar-refractivity contribution in [1.29, 1.82) is 0 Å². The van der Waals surface area contributed by atoms with E-state index >= 15 is 0 Å². The lowest BCUT2D eigenvalue weighted by atomic mass is 9.96. The molecule has 1 fully saturated rings. The topological polar surface area (TPSA) is 108 Å². The number of carboxylic acids is 1. The number of carbonyl (C=O) groups excluding carboxylic acids is 1. The molecule has 0 saturated carbocycles. The summed E-state index contributed by atoms with van der Waals surface area (Å²) in [6.07, 6.45) is 0.180. The summed E-state index contributed by atoms with van der Waals surface area (Å²) in [6.45, 7) is 2.47. The number of piperidine rings is 1. The lowest BCUT2D eigenvalue weighted by Gasteiger charge is -2.30. The van der Waals surface area contributed by atoms with Crippen molar-refractivity contribution in [3.8, 4) is 0 Å². The summed E-state index contributed by atoms with van der Waals surface area (Å²) in [5, 5.41) is 12.4. The van der Waals surface area contributed by atoms with Gasteiger partial charge in [0.1, 0.15) is 0 Å². The van der Waals surface area contributed by atoms with Crippen LogP contribution in [0.25, 0.3) is 0 Å². The number of allylic oxidation sites excluding steroid dienone is 1. The fourth-order valence-electron chi connectivity index (χ4n) is 4.38. The SMILES string of the molecule is Cc1cc(N=CC=CN)ccc1C(CCC(F)(F)F)Nc1ccc(C(=O)N2CCC[C@@H](C(=O)O)C2)cc1. The minimum absolute atomic E-state index is 0.162. The molecule has 1 aliphatic heterocycles. The Morgan fingerprint density at radius 2 is 1.97 bits per heavy atom. The summed E-state index contributed by atoms with van der Waals surface area (Å²) in [4.78, 5) is 30.0. The summed E-state index contributed by atoms with van der Waals surface area (Å²) in [6, 6.07) is 11.2. The molecule has 37 heavy (non-hydrogen) atoms. The highest BCUT2D eigenvalue weighted by Crippen LogP contribution is 2.33. The van der Waals surface area contributed by atoms with Crippen molar-refractivity contribution in [2.24, 2.45) is 16.6 Å². The van der Waals surface area contributed by atoms with Crippen molar-refractivity contribution < 1.29 is 27.9 Å². The molecule has 4 N–H and O–H groups in total. The third kappa shape index (κ3) is 8.09. The summed E-state index contributed by atoms with van der Waals surface area (Å²) in [7, 11) is 0. The van der Waals surface area contributed by atoms with E-state index in [2.05, 4.69) is 10.3 Å². The number of hydrogen-bond acceptors (Lipinski definition) is 5. The molecule has 0 aliphatic carbocycles. The Kier molecular flexibility index (Phi) is 9.32. The summed E-state index contributed by atoms with van der Waals surface area (Å²) >= 11 is 0. The number of halogens is 3. The fraction of sp³-hybridized carbons (Fsp3) is 0.370. The quantitative estimate of drug-likeness (QED) is 0.376. The van der Waals surface area contributed by atoms with E-state index in [9.17, 15) is 27.9 Å². The van der Waals surface area contributed by atoms with Gasteiger partial charge in [-0.15, -0.1) is 0 Å². The number of nitrogens with one attached hydrogen (secondary N) is 1. The number of alkyl halides is 3. The Balaban J connectivity index is 1.77. The van der Waals surface area contributed by atoms with Crippen LogP contribution in [-0.2, 0) is 4.79 Å². The van der Waals surface area contributed by atoms with E-state index in [0.29, 0.717) is 41.9 Å². The Morgan fingerprint density at radius 1 is 1.24 bits per heavy atom. The number of amides is 1. The number of nitrogens with zero attached hydrogens (tertiary/aromatic N) is 2. The summed E-state index contributed by atoms with van der Waals surface area (Å²) in [5.74, 6) is -1.75. The van der Waals surface area contributed by atoms with Crippen LogP contribution in [0.5, 0.6) is 0 Å². The first-order chi connectivity index (χ1) is 17.6. The number of rotatable bonds is 9. The Morgan fingerprint density at radius 3 is 2.59 bits per heavy atom. The van der Waals surface area contributed by atoms with E-state index in [0.717, 1.165) is 5.56 Å². The van der Waals surface area contributed by atoms with Crippen LogP contribution >= 0.6 is 0 Å². The second-order valence-corrected chi connectivity index (χ2v) is 9.06. The molecule has 3 rings (SSSR count). The van der Waals surface area contributed by atoms with Crippen molar-refractivity contribution >= 4 is 29.5 Å². The zero-order valence-corrected chi connectivity index (χ0v) is 20.5. The van der Waals surface area contributed by atoms with Crippen molar-refractivity contribution in [3.05, 3.63) is 71.4 Å². The Labute approximate surface area is 213 Å². The van der Waals surface area contributed by atoms with Gasteiger partial charge in [-0.3, -0.25) is 14.6 Å². The number of carboxylic acid groups (broad SMARTS) is 1. The lowest BCUT2D eigenvalue weighted by Crippen LogP contribution is -2.42. The molecule has 10 heteroatoms. The molecule has 2 atom stereocenters. The van der Waals surface area contributed by atoms with Crippen LogP contribution < -0.4 is 11.1 Å². The van der Waals surface area contributed by atoms with Gasteiger partial charge in [0, 0.05) is 37.0 Å². The van der Waals surface area contributed by atoms with Gasteiger partial charge in [-0.05, 0) is 86.0 Å². The molecule has 1 amide bonds. The molecule has 7 nitrogen and oxygen atoms in total. The first kappa shape index (κ1) is 27.8. The molecule has 1 heterocycles. The number of aliphatic carboxylic acids is 1. The van der Waals surface area contributed by atoms with Gasteiger partial charge in [0.15, 0.2) is 0 Å². The smallest absolute Gasteiger partial charge is 0.389 e. The Bertz CT molecular complexity index is 1150. The first-order valence-corrected chi connectivity index (χ1v) is 12.0. The average molecular weight is 517 g/mol. The van der Waals surface area contributed by atoms with Gasteiger partial charge in [-0.1, -0.05) is 6.07 Å². The largest absolute Gasteiger partial charge is 0.481 e. The van der Waals surface area contributed by atoms with E-state index in [1.165, 1.54) is 17.3 Å². The maximum atomic E-state index is 13.1. The minimum Gasteiger partial charge on any atom is -0.481 e. The minimum atomic E-state index is -4.30. The molecule has 2 aromatic carbocycles. The zero-order chi connectivity index (χ0) is 27.0. The van der Waals surface area contributed by atoms with E-state index in [-0.39, 0.29) is 18.9 Å². The summed E-state index contributed by atoms with van der Waals surface area (Å²) < 4.78 is 39.2. The van der Waals surface area contributed by atoms with Gasteiger partial charge in [0.25, 0.3) is 5.91 Å². The predicted molar refractivity (Wildman–Crippen MR) is 137 cm³/mol. The molecule has 0 aromatic heterocycles. The van der Waals surface area contributed by atoms with Gasteiger partial charge in [-0.2, -0.15) is 13.2 Å². The van der Waals surface area contributed by atoms with Crippen LogP contribution in [0.2, 0.25) is 0 Å². The molecule has 1 aliphatic rings. The fourth-order valence-corrected chi connectivity index (χ4v) is 4.38. The van der Waals surface area contributed by atoms with Crippen LogP contribution in [0.1, 0.15) is 53.2 Å². The number of anilines is 1. The number of nitrogens with two attached hydrogens (primary N) is 1. The van der Waals surface area contributed by atoms with Gasteiger partial charge >= 0.3 is 12.1 Å². The first-order valence-electron chi connectivity index (χ1n) is 12.0. The predicted octanol–water partition coefficient (Wildman–Crippen LogP) is 5.60. The maximum Gasteiger partial charge on any atom is 0.389 e. The van der Waals surface area contributed by atoms with Crippen LogP contribution in [-0.4, -0.2) is 47.4 Å². The highest BCUT2D eigenvalue weighted by Gasteiger charge is 2.30. The third-order valence-corrected chi connectivity index (χ3v) is 6.30. The second kappa shape index (κ2) is 12.4. The molecule has 2 aromatic rings. The standard InChI is InChI=1S/C27H31F3N4O3/c1-18-16-22(32-14-3-13-31)9-10-23(18)24(11-12-27(28,29)30)33-21-7-5-19(6-8-21)25(35)34-15-2-4-20(17-34)26(36)37/h3,5-10,13-14,16,20,24,33H,2,4,11-12,15,17,31H2,1H3,(H,36,37)/t20-,24?/m1/s1. The molecule has 0 radical (unpaired) electrons. The molecular formula is C27H31F3N4O3. The van der Waals surface area contributed by atoms with Crippen molar-refractivity contribution in [2.75, 3.05) is 18.4 Å². The number of likely N-dealkylation sites (tertiary alicyclic amines) is 1. The van der Waals surface area contributed by atoms with Gasteiger partial charge in [-0.25, -0.2) is 0 Å². The maximum absolute atomic E-state index is 13.1. The van der Waals surface area contributed by atoms with E-state index < -0.39 is 30.5 Å². The van der Waals surface area contributed by atoms with Gasteiger partial charge in [0.2, 0.25) is 0 Å². The van der Waals surface area contributed by atoms with Crippen LogP contribution in [0.4, 0.5) is 24.5 Å². The number of aryl methyl sites for hydroxylation is 1. The Hall–Kier alpha value is -3.82. The van der Waals surface area contributed by atoms with Crippen molar-refractivity contribution in [1.82, 2.24) is 4.90 Å². The van der Waals surface area contributed by atoms with E-state index in [1.807, 2.05) is 6.92 Å². The van der Waals surface area contributed by atoms with E-state index in [1.54, 1.807) is 48.5 Å². The second-order valence-electron chi connectivity index (χ2n) is 9.06. The highest BCUT2D eigenvalue weighted by atomic mass is 19.4. The number of hydrogen-bond donors (Lipinski definition) is 3. The van der Waals surface area contributed by atoms with Crippen LogP contribution in [0.3, 0.4) is 0 Å². The lowest BCUT2D eigenvalue weighted by molar-refractivity contribution is -0.143. The number of carbonyl (C=O) groups is 2. The molecule has 0 spiro atoms. The van der Waals surface area contributed by atoms with Crippen molar-refractivity contribution in [3.63, 3.8) is 0 Å². The normalized spacial score (nSPS) is 17.3. The highest BCUT2D eigenvalue weighted by molar-refractivity contribution is 5.95. The molecular weight excluding hydrogens is 485 g/mol. The van der Waals surface area contributed by atoms with Crippen molar-refractivity contribution in [2.45, 2.75) is 44.8 Å². The van der Waals surface area contributed by atoms with Crippen LogP contribution in [0, 0.1) is 12.8 Å². The van der Waals surface area contributed by atoms with Gasteiger partial charge in [0.05, 0.1) is 17.6 Å². The van der Waals surface area contributed by atoms with E-state index in [4.69, 9.17) is 5.73 Å². The number of benzene rings is 2. The molecule has 1 unspecified atom stereocenters. The average Bonchev–Trinajstić information content (AvgIpc) is 2.86. The molecule has 1 saturated heterocycles. The third-order valence-electron chi connectivity index (χ3n) is 6.30. The zero-order valence-electron chi connectivity index (χ0n) is 20.5. The summed E-state index contributed by atoms with van der Waals surface area (Å²) in [5.41, 5.74) is 8.41. The number of aliphatic imine (C=N–C) groups is 1. The van der Waals surface area contributed by atoms with Gasteiger partial charge < -0.3 is 21.1 Å². The monoisotopic (exact) mass is 516 g/mol. The molecule has 0 bridgehead atoms. The molecule has 198 valence electrons.